The van der Waals surface area contributed by atoms with E-state index in [9.17, 15) is 13.2 Å². The average Bonchev–Trinajstić information content (AvgIpc) is 2.85. The molecule has 1 aliphatic rings. The van der Waals surface area contributed by atoms with Crippen LogP contribution in [0.3, 0.4) is 0 Å². The number of ether oxygens (including phenoxy) is 1. The molecule has 1 heterocycles. The lowest BCUT2D eigenvalue weighted by atomic mass is 9.86. The van der Waals surface area contributed by atoms with E-state index in [1.165, 1.54) is 0 Å². The van der Waals surface area contributed by atoms with Gasteiger partial charge in [-0.15, -0.1) is 6.58 Å². The lowest BCUT2D eigenvalue weighted by molar-refractivity contribution is -0.152. The molecule has 0 saturated carbocycles. The number of nitrogens with zero attached hydrogens (tertiary/aromatic N) is 1. The molecule has 1 fully saturated rings. The fourth-order valence-corrected chi connectivity index (χ4v) is 3.44. The summed E-state index contributed by atoms with van der Waals surface area (Å²) in [4.78, 5) is 12.5. The molecule has 2 rings (SSSR count). The summed E-state index contributed by atoms with van der Waals surface area (Å²) in [5.41, 5.74) is 5.59. The summed E-state index contributed by atoms with van der Waals surface area (Å²) in [5.74, 6) is -1.07. The Hall–Kier alpha value is -1.74. The van der Waals surface area contributed by atoms with Crippen molar-refractivity contribution in [1.29, 1.82) is 0 Å². The number of hydrogen-bond acceptors (Lipinski definition) is 5. The van der Waals surface area contributed by atoms with Crippen LogP contribution in [-0.2, 0) is 26.3 Å². The van der Waals surface area contributed by atoms with E-state index in [1.807, 2.05) is 30.3 Å². The average molecular weight is 339 g/mol. The highest BCUT2D eigenvalue weighted by Crippen LogP contribution is 2.31. The van der Waals surface area contributed by atoms with Gasteiger partial charge in [-0.2, -0.15) is 12.7 Å². The summed E-state index contributed by atoms with van der Waals surface area (Å²) in [6.45, 7) is 3.58. The fraction of sp³-hybridized carbons (Fsp3) is 0.400. The number of nitrogens with two attached hydrogens (primary N) is 2. The normalized spacial score (nSPS) is 25.2. The molecule has 126 valence electrons. The maximum Gasteiger partial charge on any atom is 0.328 e. The van der Waals surface area contributed by atoms with Crippen molar-refractivity contribution in [1.82, 2.24) is 4.31 Å². The Balaban J connectivity index is 2.12. The number of benzene rings is 1. The second kappa shape index (κ2) is 6.79. The summed E-state index contributed by atoms with van der Waals surface area (Å²) in [6, 6.07) is 9.17. The second-order valence-corrected chi connectivity index (χ2v) is 7.21. The van der Waals surface area contributed by atoms with E-state index in [0.29, 0.717) is 6.42 Å². The van der Waals surface area contributed by atoms with E-state index < -0.39 is 27.6 Å². The predicted octanol–water partition coefficient (Wildman–Crippen LogP) is 0.139. The van der Waals surface area contributed by atoms with Gasteiger partial charge in [-0.1, -0.05) is 36.4 Å². The van der Waals surface area contributed by atoms with Crippen LogP contribution in [0.5, 0.6) is 0 Å². The molecule has 23 heavy (non-hydrogen) atoms. The molecule has 1 aromatic carbocycles. The molecule has 0 unspecified atom stereocenters. The van der Waals surface area contributed by atoms with Crippen LogP contribution in [0.25, 0.3) is 0 Å². The number of allylic oxidation sites excluding steroid dienone is 1. The molecule has 1 saturated heterocycles. The van der Waals surface area contributed by atoms with Crippen molar-refractivity contribution < 1.29 is 17.9 Å². The molecular weight excluding hydrogens is 318 g/mol. The summed E-state index contributed by atoms with van der Waals surface area (Å²) < 4.78 is 29.4. The Labute approximate surface area is 136 Å². The minimum atomic E-state index is -3.91. The Morgan fingerprint density at radius 1 is 1.43 bits per heavy atom. The highest BCUT2D eigenvalue weighted by molar-refractivity contribution is 7.86. The van der Waals surface area contributed by atoms with Crippen molar-refractivity contribution in [3.8, 4) is 0 Å². The molecule has 4 N–H and O–H groups in total. The van der Waals surface area contributed by atoms with E-state index >= 15 is 0 Å². The molecular formula is C15H21N3O4S. The van der Waals surface area contributed by atoms with Gasteiger partial charge in [0.2, 0.25) is 0 Å². The Bertz CT molecular complexity index is 677. The SMILES string of the molecule is C=CC[C@H]1CN(S(N)(=O)=O)C[C@@]1(N)C(=O)OCc1ccccc1. The third-order valence-electron chi connectivity index (χ3n) is 3.99. The number of hydrogen-bond donors (Lipinski definition) is 2. The van der Waals surface area contributed by atoms with E-state index in [0.717, 1.165) is 9.87 Å². The summed E-state index contributed by atoms with van der Waals surface area (Å²) in [6.07, 6.45) is 1.99. The van der Waals surface area contributed by atoms with Crippen LogP contribution >= 0.6 is 0 Å². The Morgan fingerprint density at radius 2 is 2.09 bits per heavy atom. The number of rotatable bonds is 6. The van der Waals surface area contributed by atoms with Gasteiger partial charge in [-0.25, -0.2) is 9.93 Å². The van der Waals surface area contributed by atoms with Crippen LogP contribution in [0, 0.1) is 5.92 Å². The van der Waals surface area contributed by atoms with Gasteiger partial charge in [0.1, 0.15) is 12.1 Å². The van der Waals surface area contributed by atoms with Crippen molar-refractivity contribution in [3.05, 3.63) is 48.6 Å². The third-order valence-corrected chi connectivity index (χ3v) is 4.99. The zero-order chi connectivity index (χ0) is 17.1. The number of carbonyl (C=O) groups excluding carboxylic acids is 1. The van der Waals surface area contributed by atoms with Crippen molar-refractivity contribution in [2.24, 2.45) is 16.8 Å². The maximum atomic E-state index is 12.5. The Morgan fingerprint density at radius 3 is 2.65 bits per heavy atom. The molecule has 0 aliphatic carbocycles. The zero-order valence-corrected chi connectivity index (χ0v) is 13.5. The van der Waals surface area contributed by atoms with Crippen molar-refractivity contribution in [2.75, 3.05) is 13.1 Å². The fourth-order valence-electron chi connectivity index (χ4n) is 2.66. The van der Waals surface area contributed by atoms with Gasteiger partial charge in [0, 0.05) is 19.0 Å². The van der Waals surface area contributed by atoms with Gasteiger partial charge in [-0.05, 0) is 12.0 Å². The standard InChI is InChI=1S/C15H21N3O4S/c1-2-6-13-9-18(23(17,20)21)11-15(13,16)14(19)22-10-12-7-4-3-5-8-12/h2-5,7-8,13H,1,6,9-11,16H2,(H2,17,20,21)/t13-,15-/m0/s1. The van der Waals surface area contributed by atoms with Crippen molar-refractivity contribution in [3.63, 3.8) is 0 Å². The van der Waals surface area contributed by atoms with Gasteiger partial charge >= 0.3 is 5.97 Å². The van der Waals surface area contributed by atoms with Crippen LogP contribution in [0.1, 0.15) is 12.0 Å². The quantitative estimate of drug-likeness (QED) is 0.565. The number of esters is 1. The molecule has 8 heteroatoms. The van der Waals surface area contributed by atoms with E-state index in [2.05, 4.69) is 6.58 Å². The Kier molecular flexibility index (Phi) is 5.20. The molecule has 0 amide bonds. The van der Waals surface area contributed by atoms with Crippen molar-refractivity contribution >= 4 is 16.2 Å². The van der Waals surface area contributed by atoms with Gasteiger partial charge in [0.15, 0.2) is 0 Å². The first kappa shape index (κ1) is 17.6. The van der Waals surface area contributed by atoms with Crippen molar-refractivity contribution in [2.45, 2.75) is 18.6 Å². The van der Waals surface area contributed by atoms with E-state index in [1.54, 1.807) is 6.08 Å². The van der Waals surface area contributed by atoms with Gasteiger partial charge in [0.25, 0.3) is 10.2 Å². The highest BCUT2D eigenvalue weighted by atomic mass is 32.2. The van der Waals surface area contributed by atoms with Gasteiger partial charge in [0.05, 0.1) is 0 Å². The van der Waals surface area contributed by atoms with Gasteiger partial charge in [-0.3, -0.25) is 0 Å². The first-order valence-corrected chi connectivity index (χ1v) is 8.66. The lowest BCUT2D eigenvalue weighted by Gasteiger charge is -2.27. The smallest absolute Gasteiger partial charge is 0.328 e. The van der Waals surface area contributed by atoms with Gasteiger partial charge < -0.3 is 10.5 Å². The lowest BCUT2D eigenvalue weighted by Crippen LogP contribution is -2.56. The topological polar surface area (TPSA) is 116 Å². The molecule has 0 spiro atoms. The molecule has 2 atom stereocenters. The molecule has 1 aromatic rings. The predicted molar refractivity (Wildman–Crippen MR) is 86.1 cm³/mol. The van der Waals surface area contributed by atoms with E-state index in [-0.39, 0.29) is 19.7 Å². The summed E-state index contributed by atoms with van der Waals surface area (Å²) in [7, 11) is -3.91. The molecule has 0 radical (unpaired) electrons. The molecule has 0 aromatic heterocycles. The van der Waals surface area contributed by atoms with Crippen LogP contribution < -0.4 is 10.9 Å². The summed E-state index contributed by atoms with van der Waals surface area (Å²) >= 11 is 0. The number of carbonyl (C=O) groups is 1. The van der Waals surface area contributed by atoms with Crippen LogP contribution in [-0.4, -0.2) is 37.3 Å². The summed E-state index contributed by atoms with van der Waals surface area (Å²) in [5, 5.41) is 5.15. The minimum absolute atomic E-state index is 0.0712. The van der Waals surface area contributed by atoms with E-state index in [4.69, 9.17) is 15.6 Å². The third kappa shape index (κ3) is 3.97. The first-order chi connectivity index (χ1) is 10.8. The monoisotopic (exact) mass is 339 g/mol. The molecule has 1 aliphatic heterocycles. The minimum Gasteiger partial charge on any atom is -0.459 e. The first-order valence-electron chi connectivity index (χ1n) is 7.16. The zero-order valence-electron chi connectivity index (χ0n) is 12.7. The molecule has 7 nitrogen and oxygen atoms in total. The van der Waals surface area contributed by atoms with Crippen LogP contribution in [0.4, 0.5) is 0 Å². The highest BCUT2D eigenvalue weighted by Gasteiger charge is 2.52. The maximum absolute atomic E-state index is 12.5. The van der Waals surface area contributed by atoms with Crippen LogP contribution in [0.15, 0.2) is 43.0 Å². The largest absolute Gasteiger partial charge is 0.459 e. The second-order valence-electron chi connectivity index (χ2n) is 5.66. The van der Waals surface area contributed by atoms with Crippen LogP contribution in [0.2, 0.25) is 0 Å². The molecule has 0 bridgehead atoms.